The van der Waals surface area contributed by atoms with E-state index in [1.54, 1.807) is 0 Å². The van der Waals surface area contributed by atoms with Gasteiger partial charge >= 0.3 is 0 Å². The third-order valence-corrected chi connectivity index (χ3v) is 5.00. The van der Waals surface area contributed by atoms with Gasteiger partial charge < -0.3 is 15.5 Å². The van der Waals surface area contributed by atoms with E-state index in [0.717, 1.165) is 30.2 Å². The Morgan fingerprint density at radius 3 is 2.77 bits per heavy atom. The number of nitrogens with zero attached hydrogens (tertiary/aromatic N) is 1. The lowest BCUT2D eigenvalue weighted by atomic mass is 10.2. The van der Waals surface area contributed by atoms with Crippen LogP contribution < -0.4 is 10.6 Å². The van der Waals surface area contributed by atoms with Crippen LogP contribution in [0, 0.1) is 0 Å². The molecule has 2 N–H and O–H groups in total. The first-order valence-corrected chi connectivity index (χ1v) is 8.57. The average molecular weight is 321 g/mol. The van der Waals surface area contributed by atoms with Gasteiger partial charge in [0.15, 0.2) is 0 Å². The minimum absolute atomic E-state index is 0.0702. The van der Waals surface area contributed by atoms with Gasteiger partial charge in [0.1, 0.15) is 0 Å². The molecule has 0 radical (unpaired) electrons. The predicted octanol–water partition coefficient (Wildman–Crippen LogP) is 1.95. The number of benzene rings is 1. The smallest absolute Gasteiger partial charge is 0.238 e. The molecule has 0 saturated carbocycles. The third-order valence-electron chi connectivity index (χ3n) is 3.72. The highest BCUT2D eigenvalue weighted by Gasteiger charge is 2.28. The van der Waals surface area contributed by atoms with Crippen molar-refractivity contribution < 1.29 is 9.59 Å². The summed E-state index contributed by atoms with van der Waals surface area (Å²) in [7, 11) is 0. The molecule has 1 atom stereocenters. The Morgan fingerprint density at radius 2 is 2.05 bits per heavy atom. The first kappa shape index (κ1) is 16.8. The average Bonchev–Trinajstić information content (AvgIpc) is 2.52. The summed E-state index contributed by atoms with van der Waals surface area (Å²) in [5.41, 5.74) is 0.829. The lowest BCUT2D eigenvalue weighted by Gasteiger charge is -2.24. The molecule has 2 rings (SSSR count). The third kappa shape index (κ3) is 4.48. The highest BCUT2D eigenvalue weighted by atomic mass is 32.2. The number of rotatable bonds is 7. The molecule has 6 heteroatoms. The van der Waals surface area contributed by atoms with Gasteiger partial charge in [0, 0.05) is 24.4 Å². The van der Waals surface area contributed by atoms with Crippen LogP contribution in [0.25, 0.3) is 0 Å². The number of carbonyl (C=O) groups is 2. The Kier molecular flexibility index (Phi) is 6.27. The van der Waals surface area contributed by atoms with Crippen molar-refractivity contribution in [3.8, 4) is 0 Å². The molecule has 1 aromatic rings. The maximum atomic E-state index is 12.0. The molecule has 2 amide bonds. The van der Waals surface area contributed by atoms with E-state index in [9.17, 15) is 9.59 Å². The van der Waals surface area contributed by atoms with Gasteiger partial charge in [-0.05, 0) is 25.2 Å². The molecule has 0 saturated heterocycles. The molecule has 1 aliphatic heterocycles. The topological polar surface area (TPSA) is 61.4 Å². The van der Waals surface area contributed by atoms with Gasteiger partial charge in [0.25, 0.3) is 0 Å². The van der Waals surface area contributed by atoms with Crippen LogP contribution in [0.1, 0.15) is 20.3 Å². The molecule has 0 spiro atoms. The van der Waals surface area contributed by atoms with Gasteiger partial charge in [-0.2, -0.15) is 0 Å². The summed E-state index contributed by atoms with van der Waals surface area (Å²) >= 11 is 1.46. The van der Waals surface area contributed by atoms with Crippen molar-refractivity contribution in [1.82, 2.24) is 10.2 Å². The quantitative estimate of drug-likeness (QED) is 0.806. The first-order chi connectivity index (χ1) is 10.6. The summed E-state index contributed by atoms with van der Waals surface area (Å²) < 4.78 is 0. The van der Waals surface area contributed by atoms with E-state index < -0.39 is 0 Å². The van der Waals surface area contributed by atoms with E-state index in [4.69, 9.17) is 0 Å². The van der Waals surface area contributed by atoms with Crippen molar-refractivity contribution in [2.75, 3.05) is 31.5 Å². The molecular formula is C16H23N3O2S. The van der Waals surface area contributed by atoms with Gasteiger partial charge in [-0.3, -0.25) is 9.59 Å². The fraction of sp³-hybridized carbons (Fsp3) is 0.500. The van der Waals surface area contributed by atoms with Crippen molar-refractivity contribution in [2.24, 2.45) is 0 Å². The van der Waals surface area contributed by atoms with Gasteiger partial charge in [-0.15, -0.1) is 11.8 Å². The van der Waals surface area contributed by atoms with Gasteiger partial charge in [0.2, 0.25) is 11.8 Å². The molecule has 0 aliphatic carbocycles. The number of thioether (sulfide) groups is 1. The summed E-state index contributed by atoms with van der Waals surface area (Å²) in [6.07, 6.45) is 0.211. The number of hydrogen-bond donors (Lipinski definition) is 2. The molecule has 0 aromatic heterocycles. The number of hydrogen-bond acceptors (Lipinski definition) is 4. The first-order valence-electron chi connectivity index (χ1n) is 7.69. The molecule has 0 bridgehead atoms. The summed E-state index contributed by atoms with van der Waals surface area (Å²) in [5.74, 6) is -0.165. The number of likely N-dealkylation sites (N-methyl/N-ethyl adjacent to an activating group) is 1. The summed E-state index contributed by atoms with van der Waals surface area (Å²) in [5, 5.41) is 5.40. The SMILES string of the molecule is CCN(CC)CCNC(=O)C[C@@H]1Sc2ccccc2NC1=O. The minimum Gasteiger partial charge on any atom is -0.355 e. The van der Waals surface area contributed by atoms with Crippen LogP contribution in [0.5, 0.6) is 0 Å². The monoisotopic (exact) mass is 321 g/mol. The highest BCUT2D eigenvalue weighted by Crippen LogP contribution is 2.36. The molecule has 5 nitrogen and oxygen atoms in total. The van der Waals surface area contributed by atoms with Gasteiger partial charge in [-0.25, -0.2) is 0 Å². The molecular weight excluding hydrogens is 298 g/mol. The van der Waals surface area contributed by atoms with Crippen LogP contribution in [0.3, 0.4) is 0 Å². The number of nitrogens with one attached hydrogen (secondary N) is 2. The van der Waals surface area contributed by atoms with Gasteiger partial charge in [0.05, 0.1) is 10.9 Å². The molecule has 22 heavy (non-hydrogen) atoms. The molecule has 0 unspecified atom stereocenters. The lowest BCUT2D eigenvalue weighted by Crippen LogP contribution is -2.38. The lowest BCUT2D eigenvalue weighted by molar-refractivity contribution is -0.124. The van der Waals surface area contributed by atoms with E-state index >= 15 is 0 Å². The van der Waals surface area contributed by atoms with E-state index in [1.165, 1.54) is 11.8 Å². The van der Waals surface area contributed by atoms with E-state index in [1.807, 2.05) is 24.3 Å². The maximum Gasteiger partial charge on any atom is 0.238 e. The summed E-state index contributed by atoms with van der Waals surface area (Å²) in [6, 6.07) is 7.66. The summed E-state index contributed by atoms with van der Waals surface area (Å²) in [6.45, 7) is 7.62. The second kappa shape index (κ2) is 8.19. The zero-order valence-electron chi connectivity index (χ0n) is 13.1. The van der Waals surface area contributed by atoms with Crippen LogP contribution in [0.4, 0.5) is 5.69 Å². The zero-order chi connectivity index (χ0) is 15.9. The minimum atomic E-state index is -0.358. The van der Waals surface area contributed by atoms with Crippen molar-refractivity contribution in [2.45, 2.75) is 30.4 Å². The standard InChI is InChI=1S/C16H23N3O2S/c1-3-19(4-2)10-9-17-15(20)11-14-16(21)18-12-7-5-6-8-13(12)22-14/h5-8,14H,3-4,9-11H2,1-2H3,(H,17,20)(H,18,21)/t14-/m0/s1. The van der Waals surface area contributed by atoms with Crippen molar-refractivity contribution in [3.63, 3.8) is 0 Å². The predicted molar refractivity (Wildman–Crippen MR) is 90.1 cm³/mol. The zero-order valence-corrected chi connectivity index (χ0v) is 13.9. The number of anilines is 1. The van der Waals surface area contributed by atoms with E-state index in [-0.39, 0.29) is 23.5 Å². The number of fused-ring (bicyclic) bond motifs is 1. The van der Waals surface area contributed by atoms with Crippen molar-refractivity contribution in [1.29, 1.82) is 0 Å². The van der Waals surface area contributed by atoms with Crippen LogP contribution in [-0.2, 0) is 9.59 Å². The Bertz CT molecular complexity index is 532. The molecule has 1 aliphatic rings. The largest absolute Gasteiger partial charge is 0.355 e. The number of para-hydroxylation sites is 1. The second-order valence-electron chi connectivity index (χ2n) is 5.17. The van der Waals surface area contributed by atoms with E-state index in [0.29, 0.717) is 6.54 Å². The number of amides is 2. The molecule has 1 aromatic carbocycles. The fourth-order valence-electron chi connectivity index (χ4n) is 2.36. The molecule has 1 heterocycles. The van der Waals surface area contributed by atoms with Crippen LogP contribution in [-0.4, -0.2) is 48.1 Å². The number of carbonyl (C=O) groups excluding carboxylic acids is 2. The van der Waals surface area contributed by atoms with Crippen LogP contribution >= 0.6 is 11.8 Å². The van der Waals surface area contributed by atoms with Crippen LogP contribution in [0.2, 0.25) is 0 Å². The maximum absolute atomic E-state index is 12.0. The Labute approximate surface area is 135 Å². The Morgan fingerprint density at radius 1 is 1.32 bits per heavy atom. The van der Waals surface area contributed by atoms with Gasteiger partial charge in [-0.1, -0.05) is 26.0 Å². The van der Waals surface area contributed by atoms with Crippen molar-refractivity contribution >= 4 is 29.3 Å². The molecule has 0 fully saturated rings. The Hall–Kier alpha value is -1.53. The van der Waals surface area contributed by atoms with E-state index in [2.05, 4.69) is 29.4 Å². The highest BCUT2D eigenvalue weighted by molar-refractivity contribution is 8.01. The fourth-order valence-corrected chi connectivity index (χ4v) is 3.47. The Balaban J connectivity index is 1.81. The second-order valence-corrected chi connectivity index (χ2v) is 6.42. The summed E-state index contributed by atoms with van der Waals surface area (Å²) in [4.78, 5) is 27.3. The van der Waals surface area contributed by atoms with Crippen LogP contribution in [0.15, 0.2) is 29.2 Å². The van der Waals surface area contributed by atoms with Crippen molar-refractivity contribution in [3.05, 3.63) is 24.3 Å². The molecule has 120 valence electrons. The normalized spacial score (nSPS) is 17.0.